The second-order valence-corrected chi connectivity index (χ2v) is 6.82. The lowest BCUT2D eigenvalue weighted by molar-refractivity contribution is -0.133. The number of hydrogen-bond donors (Lipinski definition) is 1. The third kappa shape index (κ3) is 3.85. The van der Waals surface area contributed by atoms with Gasteiger partial charge < -0.3 is 15.1 Å². The van der Waals surface area contributed by atoms with Gasteiger partial charge in [0, 0.05) is 18.4 Å². The van der Waals surface area contributed by atoms with Crippen LogP contribution in [0.3, 0.4) is 0 Å². The summed E-state index contributed by atoms with van der Waals surface area (Å²) in [6.07, 6.45) is 1.46. The molecule has 2 amide bonds. The fraction of sp³-hybridized carbons (Fsp3) is 0.474. The van der Waals surface area contributed by atoms with E-state index in [0.29, 0.717) is 6.54 Å². The number of amides is 2. The number of hydrogen-bond acceptors (Lipinski definition) is 4. The number of nitrogens with zero attached hydrogens (tertiary/aromatic N) is 2. The van der Waals surface area contributed by atoms with E-state index in [2.05, 4.69) is 4.90 Å². The van der Waals surface area contributed by atoms with Gasteiger partial charge in [0.2, 0.25) is 11.8 Å². The van der Waals surface area contributed by atoms with Crippen molar-refractivity contribution in [2.45, 2.75) is 25.8 Å². The first-order chi connectivity index (χ1) is 12.0. The zero-order chi connectivity index (χ0) is 18.0. The molecule has 2 heterocycles. The highest BCUT2D eigenvalue weighted by Crippen LogP contribution is 2.27. The summed E-state index contributed by atoms with van der Waals surface area (Å²) in [6.45, 7) is 3.78. The highest BCUT2D eigenvalue weighted by molar-refractivity contribution is 5.80. The Kier molecular flexibility index (Phi) is 5.08. The maximum Gasteiger partial charge on any atom is 0.237 e. The number of fused-ring (bicyclic) bond motifs is 1. The molecule has 1 saturated heterocycles. The van der Waals surface area contributed by atoms with Crippen LogP contribution in [0, 0.1) is 5.92 Å². The van der Waals surface area contributed by atoms with Crippen LogP contribution in [0.4, 0.5) is 0 Å². The van der Waals surface area contributed by atoms with E-state index in [0.717, 1.165) is 42.7 Å². The molecule has 0 unspecified atom stereocenters. The molecule has 1 fully saturated rings. The number of piperidine rings is 1. The first kappa shape index (κ1) is 17.5. The average Bonchev–Trinajstić information content (AvgIpc) is 3.05. The molecule has 0 spiro atoms. The van der Waals surface area contributed by atoms with Gasteiger partial charge in [0.15, 0.2) is 0 Å². The van der Waals surface area contributed by atoms with Crippen LogP contribution in [0.5, 0.6) is 0 Å². The first-order valence-electron chi connectivity index (χ1n) is 8.71. The number of likely N-dealkylation sites (N-methyl/N-ethyl adjacent to an activating group) is 1. The zero-order valence-electron chi connectivity index (χ0n) is 14.8. The van der Waals surface area contributed by atoms with Crippen LogP contribution >= 0.6 is 0 Å². The number of carbonyl (C=O) groups excluding carboxylic acids is 2. The molecule has 6 nitrogen and oxygen atoms in total. The molecule has 2 aromatic rings. The Hall–Kier alpha value is -2.34. The second kappa shape index (κ2) is 7.27. The molecule has 0 bridgehead atoms. The van der Waals surface area contributed by atoms with Gasteiger partial charge in [-0.3, -0.25) is 14.5 Å². The lowest BCUT2D eigenvalue weighted by Gasteiger charge is -2.32. The van der Waals surface area contributed by atoms with Gasteiger partial charge in [0.1, 0.15) is 11.3 Å². The monoisotopic (exact) mass is 343 g/mol. The van der Waals surface area contributed by atoms with Gasteiger partial charge in [0.25, 0.3) is 0 Å². The molecule has 0 radical (unpaired) electrons. The summed E-state index contributed by atoms with van der Waals surface area (Å²) in [5.74, 6) is 0.537. The third-order valence-corrected chi connectivity index (χ3v) is 5.18. The van der Waals surface area contributed by atoms with Crippen molar-refractivity contribution in [3.8, 4) is 0 Å². The van der Waals surface area contributed by atoms with Crippen molar-refractivity contribution in [3.05, 3.63) is 36.1 Å². The van der Waals surface area contributed by atoms with Gasteiger partial charge in [-0.15, -0.1) is 0 Å². The quantitative estimate of drug-likeness (QED) is 0.902. The zero-order valence-corrected chi connectivity index (χ0v) is 14.8. The van der Waals surface area contributed by atoms with Crippen LogP contribution in [-0.4, -0.2) is 48.3 Å². The molecule has 1 aromatic heterocycles. The van der Waals surface area contributed by atoms with Gasteiger partial charge >= 0.3 is 0 Å². The van der Waals surface area contributed by atoms with Crippen LogP contribution in [0.1, 0.15) is 31.6 Å². The Morgan fingerprint density at radius 1 is 1.32 bits per heavy atom. The molecule has 0 aliphatic carbocycles. The van der Waals surface area contributed by atoms with E-state index in [-0.39, 0.29) is 23.8 Å². The maximum atomic E-state index is 12.6. The van der Waals surface area contributed by atoms with Crippen molar-refractivity contribution in [1.82, 2.24) is 9.80 Å². The van der Waals surface area contributed by atoms with E-state index in [1.807, 2.05) is 37.3 Å². The number of furan rings is 1. The molecule has 1 aliphatic rings. The van der Waals surface area contributed by atoms with Gasteiger partial charge in [-0.1, -0.05) is 18.2 Å². The van der Waals surface area contributed by atoms with Crippen molar-refractivity contribution < 1.29 is 14.0 Å². The molecule has 3 rings (SSSR count). The Bertz CT molecular complexity index is 729. The van der Waals surface area contributed by atoms with E-state index in [1.165, 1.54) is 0 Å². The number of carbonyl (C=O) groups is 2. The molecule has 2 N–H and O–H groups in total. The fourth-order valence-electron chi connectivity index (χ4n) is 3.29. The van der Waals surface area contributed by atoms with Gasteiger partial charge in [-0.05, 0) is 45.0 Å². The Morgan fingerprint density at radius 3 is 2.64 bits per heavy atom. The van der Waals surface area contributed by atoms with Crippen LogP contribution < -0.4 is 5.73 Å². The summed E-state index contributed by atoms with van der Waals surface area (Å²) >= 11 is 0. The number of likely N-dealkylation sites (tertiary alicyclic amines) is 1. The average molecular weight is 343 g/mol. The van der Waals surface area contributed by atoms with Crippen LogP contribution in [0.15, 0.2) is 34.7 Å². The molecule has 1 aliphatic heterocycles. The Labute approximate surface area is 147 Å². The van der Waals surface area contributed by atoms with Crippen molar-refractivity contribution in [1.29, 1.82) is 0 Å². The molecule has 6 heteroatoms. The van der Waals surface area contributed by atoms with E-state index in [4.69, 9.17) is 10.2 Å². The smallest absolute Gasteiger partial charge is 0.237 e. The summed E-state index contributed by atoms with van der Waals surface area (Å²) in [5, 5.41) is 1.04. The molecule has 25 heavy (non-hydrogen) atoms. The Balaban J connectivity index is 1.59. The van der Waals surface area contributed by atoms with Crippen molar-refractivity contribution in [3.63, 3.8) is 0 Å². The largest absolute Gasteiger partial charge is 0.459 e. The Morgan fingerprint density at radius 2 is 2.00 bits per heavy atom. The van der Waals surface area contributed by atoms with Gasteiger partial charge in [-0.2, -0.15) is 0 Å². The summed E-state index contributed by atoms with van der Waals surface area (Å²) in [4.78, 5) is 27.6. The first-order valence-corrected chi connectivity index (χ1v) is 8.71. The summed E-state index contributed by atoms with van der Waals surface area (Å²) in [5.41, 5.74) is 6.19. The fourth-order valence-corrected chi connectivity index (χ4v) is 3.29. The van der Waals surface area contributed by atoms with Crippen molar-refractivity contribution in [2.75, 3.05) is 26.7 Å². The molecular weight excluding hydrogens is 318 g/mol. The van der Waals surface area contributed by atoms with Crippen LogP contribution in [0.2, 0.25) is 0 Å². The van der Waals surface area contributed by atoms with Gasteiger partial charge in [-0.25, -0.2) is 0 Å². The maximum absolute atomic E-state index is 12.6. The minimum atomic E-state index is -0.235. The van der Waals surface area contributed by atoms with Crippen molar-refractivity contribution >= 4 is 22.8 Å². The summed E-state index contributed by atoms with van der Waals surface area (Å²) in [6, 6.07) is 9.68. The number of primary amides is 1. The number of rotatable bonds is 5. The SMILES string of the molecule is C[C@H](c1cc2ccccc2o1)N(C)C(=O)CN1CCC(C(N)=O)CC1. The molecular formula is C19H25N3O3. The minimum Gasteiger partial charge on any atom is -0.459 e. The van der Waals surface area contributed by atoms with E-state index < -0.39 is 0 Å². The predicted octanol–water partition coefficient (Wildman–Crippen LogP) is 2.15. The molecule has 1 aromatic carbocycles. The van der Waals surface area contributed by atoms with Crippen LogP contribution in [0.25, 0.3) is 11.0 Å². The normalized spacial score (nSPS) is 17.5. The van der Waals surface area contributed by atoms with E-state index in [9.17, 15) is 9.59 Å². The topological polar surface area (TPSA) is 79.8 Å². The summed E-state index contributed by atoms with van der Waals surface area (Å²) < 4.78 is 5.87. The number of benzene rings is 1. The number of para-hydroxylation sites is 1. The van der Waals surface area contributed by atoms with Crippen molar-refractivity contribution in [2.24, 2.45) is 11.7 Å². The molecule has 134 valence electrons. The van der Waals surface area contributed by atoms with E-state index >= 15 is 0 Å². The third-order valence-electron chi connectivity index (χ3n) is 5.18. The lowest BCUT2D eigenvalue weighted by Crippen LogP contribution is -2.44. The molecule has 0 saturated carbocycles. The molecule has 1 atom stereocenters. The van der Waals surface area contributed by atoms with Gasteiger partial charge in [0.05, 0.1) is 12.6 Å². The highest BCUT2D eigenvalue weighted by atomic mass is 16.3. The highest BCUT2D eigenvalue weighted by Gasteiger charge is 2.27. The number of nitrogens with two attached hydrogens (primary N) is 1. The lowest BCUT2D eigenvalue weighted by atomic mass is 9.96. The second-order valence-electron chi connectivity index (χ2n) is 6.82. The minimum absolute atomic E-state index is 0.0467. The summed E-state index contributed by atoms with van der Waals surface area (Å²) in [7, 11) is 1.80. The predicted molar refractivity (Wildman–Crippen MR) is 95.8 cm³/mol. The standard InChI is InChI=1S/C19H25N3O3/c1-13(17-11-15-5-3-4-6-16(15)25-17)21(2)18(23)12-22-9-7-14(8-10-22)19(20)24/h3-6,11,13-14H,7-10,12H2,1-2H3,(H2,20,24)/t13-/m1/s1. The van der Waals surface area contributed by atoms with Crippen LogP contribution in [-0.2, 0) is 9.59 Å². The van der Waals surface area contributed by atoms with E-state index in [1.54, 1.807) is 11.9 Å².